The zero-order valence-electron chi connectivity index (χ0n) is 10.6. The second-order valence-corrected chi connectivity index (χ2v) is 5.38. The normalized spacial score (nSPS) is 16.5. The lowest BCUT2D eigenvalue weighted by Gasteiger charge is -2.19. The predicted octanol–water partition coefficient (Wildman–Crippen LogP) is 1.78. The van der Waals surface area contributed by atoms with E-state index in [4.69, 9.17) is 11.5 Å². The summed E-state index contributed by atoms with van der Waals surface area (Å²) in [6.45, 7) is 5.93. The Balaban J connectivity index is 2.60. The Hall–Kier alpha value is -0.780. The van der Waals surface area contributed by atoms with Crippen molar-refractivity contribution in [2.75, 3.05) is 0 Å². The lowest BCUT2D eigenvalue weighted by molar-refractivity contribution is -0.121. The molecule has 1 heterocycles. The van der Waals surface area contributed by atoms with Gasteiger partial charge in [-0.2, -0.15) is 0 Å². The Morgan fingerprint density at radius 1 is 1.53 bits per heavy atom. The van der Waals surface area contributed by atoms with Crippen LogP contribution in [0.25, 0.3) is 0 Å². The number of Topliss-reactive ketones (excluding diaryl/α,β-unsaturated/α-hetero) is 1. The highest BCUT2D eigenvalue weighted by Gasteiger charge is 2.23. The molecule has 0 aromatic carbocycles. The van der Waals surface area contributed by atoms with Crippen molar-refractivity contribution < 1.29 is 4.79 Å². The molecule has 0 aliphatic carbocycles. The molecule has 96 valence electrons. The van der Waals surface area contributed by atoms with Gasteiger partial charge in [0.2, 0.25) is 0 Å². The van der Waals surface area contributed by atoms with E-state index in [0.29, 0.717) is 6.42 Å². The Morgan fingerprint density at radius 2 is 2.18 bits per heavy atom. The summed E-state index contributed by atoms with van der Waals surface area (Å²) in [5, 5.41) is 0. The Bertz CT molecular complexity index is 378. The first-order valence-corrected chi connectivity index (χ1v) is 6.79. The summed E-state index contributed by atoms with van der Waals surface area (Å²) in [5.74, 6) is 0.247. The molecule has 5 heteroatoms. The van der Waals surface area contributed by atoms with Crippen molar-refractivity contribution in [2.24, 2.45) is 17.4 Å². The Morgan fingerprint density at radius 3 is 2.65 bits per heavy atom. The summed E-state index contributed by atoms with van der Waals surface area (Å²) in [7, 11) is 0. The van der Waals surface area contributed by atoms with Gasteiger partial charge in [-0.15, -0.1) is 11.3 Å². The molecule has 0 saturated heterocycles. The van der Waals surface area contributed by atoms with E-state index >= 15 is 0 Å². The van der Waals surface area contributed by atoms with E-state index in [1.165, 1.54) is 11.3 Å². The molecular formula is C12H21N3OS. The van der Waals surface area contributed by atoms with Crippen molar-refractivity contribution >= 4 is 17.1 Å². The van der Waals surface area contributed by atoms with E-state index in [0.717, 1.165) is 17.0 Å². The molecule has 17 heavy (non-hydrogen) atoms. The standard InChI is InChI=1S/C12H21N3OS/c1-4-7(2)11(14)10(16)5-9(13)12-8(3)15-6-17-12/h6-7,9,11H,4-5,13-14H2,1-3H3/t7-,9?,11-/m0/s1. The Kier molecular flexibility index (Phi) is 5.24. The minimum absolute atomic E-state index is 0.0413. The minimum atomic E-state index is -0.403. The van der Waals surface area contributed by atoms with Crippen molar-refractivity contribution in [1.82, 2.24) is 4.98 Å². The summed E-state index contributed by atoms with van der Waals surface area (Å²) in [6, 6.07) is -0.676. The van der Waals surface area contributed by atoms with Crippen molar-refractivity contribution in [3.63, 3.8) is 0 Å². The summed E-state index contributed by atoms with van der Waals surface area (Å²) < 4.78 is 0. The van der Waals surface area contributed by atoms with Gasteiger partial charge in [0.05, 0.1) is 17.2 Å². The molecule has 0 amide bonds. The third-order valence-electron chi connectivity index (χ3n) is 3.17. The van der Waals surface area contributed by atoms with Gasteiger partial charge in [0, 0.05) is 17.3 Å². The molecule has 0 spiro atoms. The van der Waals surface area contributed by atoms with Gasteiger partial charge in [-0.25, -0.2) is 4.98 Å². The smallest absolute Gasteiger partial charge is 0.151 e. The number of aryl methyl sites for hydroxylation is 1. The number of aromatic nitrogens is 1. The molecule has 0 fully saturated rings. The molecule has 0 bridgehead atoms. The average molecular weight is 255 g/mol. The lowest BCUT2D eigenvalue weighted by atomic mass is 9.93. The first-order chi connectivity index (χ1) is 7.97. The van der Waals surface area contributed by atoms with Gasteiger partial charge in [-0.1, -0.05) is 20.3 Å². The van der Waals surface area contributed by atoms with Gasteiger partial charge in [0.1, 0.15) is 0 Å². The number of nitrogens with zero attached hydrogens (tertiary/aromatic N) is 1. The van der Waals surface area contributed by atoms with Gasteiger partial charge in [0.25, 0.3) is 0 Å². The molecule has 1 aromatic heterocycles. The van der Waals surface area contributed by atoms with Crippen LogP contribution in [0.1, 0.15) is 43.3 Å². The number of ketones is 1. The molecule has 0 radical (unpaired) electrons. The molecule has 1 rings (SSSR count). The van der Waals surface area contributed by atoms with Gasteiger partial charge >= 0.3 is 0 Å². The summed E-state index contributed by atoms with van der Waals surface area (Å²) in [5.41, 5.74) is 14.6. The monoisotopic (exact) mass is 255 g/mol. The van der Waals surface area contributed by atoms with Crippen LogP contribution in [0.15, 0.2) is 5.51 Å². The van der Waals surface area contributed by atoms with Crippen LogP contribution in [-0.4, -0.2) is 16.8 Å². The second-order valence-electron chi connectivity index (χ2n) is 4.49. The first kappa shape index (κ1) is 14.3. The predicted molar refractivity (Wildman–Crippen MR) is 70.8 cm³/mol. The van der Waals surface area contributed by atoms with E-state index < -0.39 is 6.04 Å². The van der Waals surface area contributed by atoms with Gasteiger partial charge in [-0.05, 0) is 12.8 Å². The first-order valence-electron chi connectivity index (χ1n) is 5.91. The van der Waals surface area contributed by atoms with E-state index in [9.17, 15) is 4.79 Å². The fraction of sp³-hybridized carbons (Fsp3) is 0.667. The van der Waals surface area contributed by atoms with Crippen molar-refractivity contribution in [3.05, 3.63) is 16.1 Å². The highest BCUT2D eigenvalue weighted by Crippen LogP contribution is 2.23. The summed E-state index contributed by atoms with van der Waals surface area (Å²) in [4.78, 5) is 17.1. The summed E-state index contributed by atoms with van der Waals surface area (Å²) in [6.07, 6.45) is 1.20. The summed E-state index contributed by atoms with van der Waals surface area (Å²) >= 11 is 1.50. The number of thiazole rings is 1. The molecule has 0 saturated carbocycles. The van der Waals surface area contributed by atoms with Crippen molar-refractivity contribution in [1.29, 1.82) is 0 Å². The molecule has 4 nitrogen and oxygen atoms in total. The second kappa shape index (κ2) is 6.23. The van der Waals surface area contributed by atoms with E-state index in [1.54, 1.807) is 5.51 Å². The van der Waals surface area contributed by atoms with Crippen LogP contribution >= 0.6 is 11.3 Å². The SMILES string of the molecule is CC[C@H](C)[C@H](N)C(=O)CC(N)c1scnc1C. The van der Waals surface area contributed by atoms with Gasteiger partial charge in [0.15, 0.2) is 5.78 Å². The van der Waals surface area contributed by atoms with Gasteiger partial charge < -0.3 is 11.5 Å². The fourth-order valence-corrected chi connectivity index (χ4v) is 2.49. The largest absolute Gasteiger partial charge is 0.323 e. The van der Waals surface area contributed by atoms with Gasteiger partial charge in [-0.3, -0.25) is 4.79 Å². The molecule has 3 atom stereocenters. The zero-order valence-corrected chi connectivity index (χ0v) is 11.5. The number of rotatable bonds is 6. The molecule has 4 N–H and O–H groups in total. The number of hydrogen-bond donors (Lipinski definition) is 2. The highest BCUT2D eigenvalue weighted by molar-refractivity contribution is 7.09. The zero-order chi connectivity index (χ0) is 13.0. The topological polar surface area (TPSA) is 82.0 Å². The molecule has 0 aliphatic rings. The minimum Gasteiger partial charge on any atom is -0.323 e. The molecule has 1 aromatic rings. The van der Waals surface area contributed by atoms with Crippen LogP contribution in [0.3, 0.4) is 0 Å². The van der Waals surface area contributed by atoms with Crippen LogP contribution in [0.5, 0.6) is 0 Å². The van der Waals surface area contributed by atoms with Crippen LogP contribution in [0, 0.1) is 12.8 Å². The third kappa shape index (κ3) is 3.59. The van der Waals surface area contributed by atoms with E-state index in [-0.39, 0.29) is 17.7 Å². The van der Waals surface area contributed by atoms with Crippen molar-refractivity contribution in [3.8, 4) is 0 Å². The van der Waals surface area contributed by atoms with Crippen molar-refractivity contribution in [2.45, 2.75) is 45.7 Å². The maximum atomic E-state index is 11.9. The maximum absolute atomic E-state index is 11.9. The number of hydrogen-bond acceptors (Lipinski definition) is 5. The Labute approximate surface area is 106 Å². The highest BCUT2D eigenvalue weighted by atomic mass is 32.1. The maximum Gasteiger partial charge on any atom is 0.151 e. The number of carbonyl (C=O) groups is 1. The molecule has 1 unspecified atom stereocenters. The van der Waals surface area contributed by atoms with Crippen LogP contribution in [-0.2, 0) is 4.79 Å². The third-order valence-corrected chi connectivity index (χ3v) is 4.23. The lowest BCUT2D eigenvalue weighted by Crippen LogP contribution is -2.38. The van der Waals surface area contributed by atoms with Crippen LogP contribution in [0.4, 0.5) is 0 Å². The average Bonchev–Trinajstić information content (AvgIpc) is 2.73. The van der Waals surface area contributed by atoms with E-state index in [1.807, 2.05) is 20.8 Å². The van der Waals surface area contributed by atoms with E-state index in [2.05, 4.69) is 4.98 Å². The molecule has 0 aliphatic heterocycles. The number of carbonyl (C=O) groups excluding carboxylic acids is 1. The van der Waals surface area contributed by atoms with Crippen LogP contribution in [0.2, 0.25) is 0 Å². The van der Waals surface area contributed by atoms with Crippen LogP contribution < -0.4 is 11.5 Å². The number of nitrogens with two attached hydrogens (primary N) is 2. The quantitative estimate of drug-likeness (QED) is 0.812. The molecular weight excluding hydrogens is 234 g/mol. The fourth-order valence-electron chi connectivity index (χ4n) is 1.68.